The molecule has 2 rings (SSSR count). The van der Waals surface area contributed by atoms with Crippen molar-refractivity contribution in [2.75, 3.05) is 17.6 Å². The third kappa shape index (κ3) is 4.07. The number of nitrogens with one attached hydrogen (secondary N) is 1. The van der Waals surface area contributed by atoms with Crippen molar-refractivity contribution in [2.24, 2.45) is 5.92 Å². The summed E-state index contributed by atoms with van der Waals surface area (Å²) < 4.78 is 0. The van der Waals surface area contributed by atoms with Crippen LogP contribution in [0.4, 0.5) is 11.5 Å². The minimum atomic E-state index is -0.442. The topological polar surface area (TPSA) is 88.3 Å². The highest BCUT2D eigenvalue weighted by atomic mass is 35.5. The van der Waals surface area contributed by atoms with Crippen LogP contribution in [-0.2, 0) is 9.59 Å². The number of nitrogen functional groups attached to an aromatic ring is 1. The zero-order valence-corrected chi connectivity index (χ0v) is 13.0. The normalized spacial score (nSPS) is 15.8. The van der Waals surface area contributed by atoms with Crippen LogP contribution in [0.3, 0.4) is 0 Å². The van der Waals surface area contributed by atoms with E-state index in [1.54, 1.807) is 17.0 Å². The Morgan fingerprint density at radius 1 is 1.43 bits per heavy atom. The number of anilines is 2. The summed E-state index contributed by atoms with van der Waals surface area (Å²) >= 11 is 0. The van der Waals surface area contributed by atoms with Gasteiger partial charge in [0.1, 0.15) is 11.9 Å². The van der Waals surface area contributed by atoms with Crippen LogP contribution >= 0.6 is 12.4 Å². The predicted octanol–water partition coefficient (Wildman–Crippen LogP) is 1.67. The van der Waals surface area contributed by atoms with Gasteiger partial charge in [0, 0.05) is 13.0 Å². The number of likely N-dealkylation sites (tertiary alicyclic amines) is 1. The Morgan fingerprint density at radius 3 is 2.62 bits per heavy atom. The average Bonchev–Trinajstić information content (AvgIpc) is 2.78. The molecule has 21 heavy (non-hydrogen) atoms. The van der Waals surface area contributed by atoms with Crippen LogP contribution in [0.15, 0.2) is 18.3 Å². The van der Waals surface area contributed by atoms with E-state index >= 15 is 0 Å². The van der Waals surface area contributed by atoms with Gasteiger partial charge in [-0.2, -0.15) is 0 Å². The van der Waals surface area contributed by atoms with Crippen LogP contribution in [0.2, 0.25) is 0 Å². The third-order valence-electron chi connectivity index (χ3n) is 3.40. The molecule has 0 bridgehead atoms. The highest BCUT2D eigenvalue weighted by Crippen LogP contribution is 2.20. The Morgan fingerprint density at radius 2 is 2.14 bits per heavy atom. The zero-order valence-electron chi connectivity index (χ0n) is 12.2. The number of rotatable bonds is 4. The van der Waals surface area contributed by atoms with Crippen LogP contribution in [-0.4, -0.2) is 34.3 Å². The van der Waals surface area contributed by atoms with Crippen molar-refractivity contribution in [2.45, 2.75) is 32.7 Å². The molecule has 1 atom stereocenters. The van der Waals surface area contributed by atoms with E-state index in [0.29, 0.717) is 24.5 Å². The highest BCUT2D eigenvalue weighted by Gasteiger charge is 2.34. The first-order chi connectivity index (χ1) is 9.49. The van der Waals surface area contributed by atoms with Crippen LogP contribution in [0.25, 0.3) is 0 Å². The average molecular weight is 313 g/mol. The molecule has 1 aliphatic rings. The number of amides is 2. The number of halogens is 1. The van der Waals surface area contributed by atoms with Crippen molar-refractivity contribution in [3.05, 3.63) is 18.3 Å². The van der Waals surface area contributed by atoms with Crippen molar-refractivity contribution in [1.29, 1.82) is 0 Å². The summed E-state index contributed by atoms with van der Waals surface area (Å²) in [4.78, 5) is 29.8. The molecule has 3 N–H and O–H groups in total. The van der Waals surface area contributed by atoms with Gasteiger partial charge in [0.25, 0.3) is 0 Å². The SMILES string of the molecule is CC(C)C(C(=O)Nc1ccc(N)nc1)N1CCCC1=O.Cl. The monoisotopic (exact) mass is 312 g/mol. The second kappa shape index (κ2) is 7.26. The van der Waals surface area contributed by atoms with Gasteiger partial charge in [0.05, 0.1) is 11.9 Å². The van der Waals surface area contributed by atoms with Crippen LogP contribution in [0, 0.1) is 5.92 Å². The van der Waals surface area contributed by atoms with Gasteiger partial charge in [-0.1, -0.05) is 13.8 Å². The van der Waals surface area contributed by atoms with E-state index in [4.69, 9.17) is 5.73 Å². The molecule has 0 radical (unpaired) electrons. The number of nitrogens with two attached hydrogens (primary N) is 1. The molecule has 116 valence electrons. The lowest BCUT2D eigenvalue weighted by molar-refractivity contribution is -0.136. The predicted molar refractivity (Wildman–Crippen MR) is 84.1 cm³/mol. The summed E-state index contributed by atoms with van der Waals surface area (Å²) in [6.45, 7) is 4.53. The standard InChI is InChI=1S/C14H20N4O2.ClH/c1-9(2)13(18-7-3-4-12(18)19)14(20)17-10-5-6-11(15)16-8-10;/h5-6,8-9,13H,3-4,7H2,1-2H3,(H2,15,16)(H,17,20);1H. The van der Waals surface area contributed by atoms with Gasteiger partial charge < -0.3 is 16.0 Å². The number of hydrogen-bond acceptors (Lipinski definition) is 4. The van der Waals surface area contributed by atoms with Gasteiger partial charge in [0.2, 0.25) is 11.8 Å². The van der Waals surface area contributed by atoms with Crippen molar-refractivity contribution < 1.29 is 9.59 Å². The van der Waals surface area contributed by atoms with E-state index in [0.717, 1.165) is 6.42 Å². The fourth-order valence-electron chi connectivity index (χ4n) is 2.46. The van der Waals surface area contributed by atoms with Gasteiger partial charge in [-0.25, -0.2) is 4.98 Å². The van der Waals surface area contributed by atoms with Crippen molar-refractivity contribution in [3.63, 3.8) is 0 Å². The van der Waals surface area contributed by atoms with Gasteiger partial charge in [-0.15, -0.1) is 12.4 Å². The second-order valence-electron chi connectivity index (χ2n) is 5.34. The molecule has 0 saturated carbocycles. The maximum atomic E-state index is 12.4. The molecule has 1 saturated heterocycles. The molecular formula is C14H21ClN4O2. The van der Waals surface area contributed by atoms with Gasteiger partial charge in [-0.3, -0.25) is 9.59 Å². The molecule has 7 heteroatoms. The maximum Gasteiger partial charge on any atom is 0.247 e. The van der Waals surface area contributed by atoms with E-state index in [1.807, 2.05) is 13.8 Å². The zero-order chi connectivity index (χ0) is 14.7. The lowest BCUT2D eigenvalue weighted by atomic mass is 10.0. The van der Waals surface area contributed by atoms with Gasteiger partial charge >= 0.3 is 0 Å². The summed E-state index contributed by atoms with van der Waals surface area (Å²) in [6.07, 6.45) is 2.86. The van der Waals surface area contributed by atoms with Crippen LogP contribution in [0.1, 0.15) is 26.7 Å². The van der Waals surface area contributed by atoms with Gasteiger partial charge in [0.15, 0.2) is 0 Å². The molecule has 6 nitrogen and oxygen atoms in total. The summed E-state index contributed by atoms with van der Waals surface area (Å²) in [6, 6.07) is 2.88. The van der Waals surface area contributed by atoms with E-state index in [-0.39, 0.29) is 30.1 Å². The number of nitrogens with zero attached hydrogens (tertiary/aromatic N) is 2. The number of aromatic nitrogens is 1. The molecule has 1 aromatic heterocycles. The number of carbonyl (C=O) groups excluding carboxylic acids is 2. The first kappa shape index (κ1) is 17.2. The van der Waals surface area contributed by atoms with Gasteiger partial charge in [-0.05, 0) is 24.5 Å². The molecule has 0 aliphatic carbocycles. The summed E-state index contributed by atoms with van der Waals surface area (Å²) in [5, 5.41) is 2.80. The van der Waals surface area contributed by atoms with Crippen LogP contribution in [0.5, 0.6) is 0 Å². The second-order valence-corrected chi connectivity index (χ2v) is 5.34. The van der Waals surface area contributed by atoms with Crippen molar-refractivity contribution in [1.82, 2.24) is 9.88 Å². The Hall–Kier alpha value is -1.82. The molecule has 2 amide bonds. The molecule has 0 spiro atoms. The minimum Gasteiger partial charge on any atom is -0.384 e. The van der Waals surface area contributed by atoms with Crippen LogP contribution < -0.4 is 11.1 Å². The Labute approximate surface area is 130 Å². The lowest BCUT2D eigenvalue weighted by Gasteiger charge is -2.29. The summed E-state index contributed by atoms with van der Waals surface area (Å²) in [5.41, 5.74) is 6.09. The maximum absolute atomic E-state index is 12.4. The van der Waals surface area contributed by atoms with E-state index in [1.165, 1.54) is 6.20 Å². The summed E-state index contributed by atoms with van der Waals surface area (Å²) in [7, 11) is 0. The molecule has 1 aromatic rings. The molecular weight excluding hydrogens is 292 g/mol. The van der Waals surface area contributed by atoms with E-state index < -0.39 is 6.04 Å². The minimum absolute atomic E-state index is 0. The molecule has 0 aromatic carbocycles. The summed E-state index contributed by atoms with van der Waals surface area (Å²) in [5.74, 6) is 0.327. The third-order valence-corrected chi connectivity index (χ3v) is 3.40. The number of hydrogen-bond donors (Lipinski definition) is 2. The Balaban J connectivity index is 0.00000220. The fourth-order valence-corrected chi connectivity index (χ4v) is 2.46. The van der Waals surface area contributed by atoms with Crippen molar-refractivity contribution >= 4 is 35.7 Å². The lowest BCUT2D eigenvalue weighted by Crippen LogP contribution is -2.47. The molecule has 1 aliphatic heterocycles. The Bertz CT molecular complexity index is 504. The Kier molecular flexibility index (Phi) is 5.96. The highest BCUT2D eigenvalue weighted by molar-refractivity contribution is 5.97. The molecule has 1 fully saturated rings. The molecule has 1 unspecified atom stereocenters. The molecule has 2 heterocycles. The largest absolute Gasteiger partial charge is 0.384 e. The fraction of sp³-hybridized carbons (Fsp3) is 0.500. The smallest absolute Gasteiger partial charge is 0.247 e. The van der Waals surface area contributed by atoms with Crippen molar-refractivity contribution in [3.8, 4) is 0 Å². The van der Waals surface area contributed by atoms with E-state index in [2.05, 4.69) is 10.3 Å². The quantitative estimate of drug-likeness (QED) is 0.885. The first-order valence-electron chi connectivity index (χ1n) is 6.81. The first-order valence-corrected chi connectivity index (χ1v) is 6.81. The van der Waals surface area contributed by atoms with E-state index in [9.17, 15) is 9.59 Å². The number of pyridine rings is 1. The number of carbonyl (C=O) groups is 2.